The summed E-state index contributed by atoms with van der Waals surface area (Å²) in [6.45, 7) is 0. The third-order valence-electron chi connectivity index (χ3n) is 4.34. The number of rotatable bonds is 2. The topological polar surface area (TPSA) is 37.8 Å². The van der Waals surface area contributed by atoms with Crippen LogP contribution in [0.25, 0.3) is 0 Å². The minimum absolute atomic E-state index is 0.152. The summed E-state index contributed by atoms with van der Waals surface area (Å²) in [4.78, 5) is 12.2. The van der Waals surface area contributed by atoms with Gasteiger partial charge in [0, 0.05) is 5.92 Å². The second-order valence-electron chi connectivity index (χ2n) is 5.43. The highest BCUT2D eigenvalue weighted by Crippen LogP contribution is 2.36. The molecule has 17 heavy (non-hydrogen) atoms. The highest BCUT2D eigenvalue weighted by Gasteiger charge is 2.27. The Bertz CT molecular complexity index is 450. The molecule has 0 saturated heterocycles. The van der Waals surface area contributed by atoms with Crippen LogP contribution in [0.5, 0.6) is 0 Å². The van der Waals surface area contributed by atoms with E-state index in [0.29, 0.717) is 12.0 Å². The first kappa shape index (κ1) is 11.6. The zero-order valence-corrected chi connectivity index (χ0v) is 11.6. The van der Waals surface area contributed by atoms with Crippen molar-refractivity contribution < 1.29 is 0 Å². The van der Waals surface area contributed by atoms with Crippen molar-refractivity contribution in [1.29, 1.82) is 0 Å². The van der Waals surface area contributed by atoms with Crippen molar-refractivity contribution in [2.75, 3.05) is 0 Å². The largest absolute Gasteiger partial charge is 0.298 e. The molecule has 1 N–H and O–H groups in total. The smallest absolute Gasteiger partial charge is 0.281 e. The maximum Gasteiger partial charge on any atom is 0.281 e. The van der Waals surface area contributed by atoms with E-state index in [-0.39, 0.29) is 5.56 Å². The Morgan fingerprint density at radius 3 is 2.29 bits per heavy atom. The van der Waals surface area contributed by atoms with Gasteiger partial charge in [-0.15, -0.1) is 0 Å². The normalized spacial score (nSPS) is 22.6. The van der Waals surface area contributed by atoms with Crippen LogP contribution in [0.1, 0.15) is 69.0 Å². The Kier molecular flexibility index (Phi) is 3.16. The quantitative estimate of drug-likeness (QED) is 0.888. The van der Waals surface area contributed by atoms with E-state index < -0.39 is 0 Å². The third kappa shape index (κ3) is 2.01. The van der Waals surface area contributed by atoms with E-state index in [9.17, 15) is 4.79 Å². The van der Waals surface area contributed by atoms with Gasteiger partial charge in [0.25, 0.3) is 5.56 Å². The van der Waals surface area contributed by atoms with Crippen molar-refractivity contribution in [3.63, 3.8) is 0 Å². The third-order valence-corrected chi connectivity index (χ3v) is 5.10. The first-order valence-electron chi connectivity index (χ1n) is 6.77. The molecule has 0 aromatic carbocycles. The lowest BCUT2D eigenvalue weighted by molar-refractivity contribution is 0.447. The van der Waals surface area contributed by atoms with Gasteiger partial charge in [0.2, 0.25) is 0 Å². The molecule has 1 aromatic rings. The van der Waals surface area contributed by atoms with Crippen molar-refractivity contribution in [3.05, 3.63) is 20.5 Å². The summed E-state index contributed by atoms with van der Waals surface area (Å²) < 4.78 is 2.67. The van der Waals surface area contributed by atoms with Crippen molar-refractivity contribution in [1.82, 2.24) is 9.78 Å². The molecule has 94 valence electrons. The lowest BCUT2D eigenvalue weighted by atomic mass is 10.1. The second-order valence-corrected chi connectivity index (χ2v) is 6.23. The van der Waals surface area contributed by atoms with Crippen LogP contribution >= 0.6 is 15.9 Å². The summed E-state index contributed by atoms with van der Waals surface area (Å²) in [6, 6.07) is 0.411. The maximum absolute atomic E-state index is 12.2. The highest BCUT2D eigenvalue weighted by molar-refractivity contribution is 9.10. The van der Waals surface area contributed by atoms with Crippen LogP contribution < -0.4 is 5.56 Å². The predicted molar refractivity (Wildman–Crippen MR) is 71.5 cm³/mol. The SMILES string of the molecule is O=c1c(Br)c(C2CCCC2)[nH]n1C1CCCC1. The summed E-state index contributed by atoms with van der Waals surface area (Å²) >= 11 is 3.49. The molecule has 0 radical (unpaired) electrons. The van der Waals surface area contributed by atoms with Gasteiger partial charge in [-0.2, -0.15) is 0 Å². The highest BCUT2D eigenvalue weighted by atomic mass is 79.9. The van der Waals surface area contributed by atoms with E-state index in [2.05, 4.69) is 21.0 Å². The molecule has 2 saturated carbocycles. The zero-order valence-electron chi connectivity index (χ0n) is 10.0. The minimum Gasteiger partial charge on any atom is -0.298 e. The molecular formula is C13H19BrN2O. The Morgan fingerprint density at radius 2 is 1.65 bits per heavy atom. The number of nitrogens with zero attached hydrogens (tertiary/aromatic N) is 1. The van der Waals surface area contributed by atoms with Gasteiger partial charge in [-0.25, -0.2) is 4.68 Å². The van der Waals surface area contributed by atoms with Crippen LogP contribution in [0.4, 0.5) is 0 Å². The summed E-state index contributed by atoms with van der Waals surface area (Å²) in [7, 11) is 0. The van der Waals surface area contributed by atoms with Gasteiger partial charge in [-0.1, -0.05) is 25.7 Å². The molecule has 0 bridgehead atoms. The molecule has 2 aliphatic rings. The van der Waals surface area contributed by atoms with E-state index in [1.807, 2.05) is 4.68 Å². The lowest BCUT2D eigenvalue weighted by Crippen LogP contribution is -2.20. The average molecular weight is 299 g/mol. The fourth-order valence-corrected chi connectivity index (χ4v) is 3.96. The second kappa shape index (κ2) is 4.63. The zero-order chi connectivity index (χ0) is 11.8. The van der Waals surface area contributed by atoms with E-state index in [4.69, 9.17) is 0 Å². The molecule has 0 aliphatic heterocycles. The number of halogens is 1. The minimum atomic E-state index is 0.152. The van der Waals surface area contributed by atoms with Gasteiger partial charge in [-0.3, -0.25) is 9.89 Å². The monoisotopic (exact) mass is 298 g/mol. The van der Waals surface area contributed by atoms with Gasteiger partial charge in [0.15, 0.2) is 0 Å². The summed E-state index contributed by atoms with van der Waals surface area (Å²) in [6.07, 6.45) is 9.86. The van der Waals surface area contributed by atoms with Crippen LogP contribution in [-0.2, 0) is 0 Å². The number of aromatic amines is 1. The van der Waals surface area contributed by atoms with E-state index in [1.165, 1.54) is 38.5 Å². The lowest BCUT2D eigenvalue weighted by Gasteiger charge is -2.11. The van der Waals surface area contributed by atoms with Gasteiger partial charge in [0.1, 0.15) is 4.47 Å². The molecule has 3 rings (SSSR count). The molecule has 1 heterocycles. The summed E-state index contributed by atoms with van der Waals surface area (Å²) in [5.41, 5.74) is 1.30. The van der Waals surface area contributed by atoms with E-state index >= 15 is 0 Å². The van der Waals surface area contributed by atoms with Crippen molar-refractivity contribution >= 4 is 15.9 Å². The van der Waals surface area contributed by atoms with E-state index in [0.717, 1.165) is 23.0 Å². The van der Waals surface area contributed by atoms with Gasteiger partial charge in [0.05, 0.1) is 11.7 Å². The number of nitrogens with one attached hydrogen (secondary N) is 1. The Hall–Kier alpha value is -0.510. The van der Waals surface area contributed by atoms with Gasteiger partial charge >= 0.3 is 0 Å². The molecule has 0 atom stereocenters. The van der Waals surface area contributed by atoms with E-state index in [1.54, 1.807) is 0 Å². The summed E-state index contributed by atoms with van der Waals surface area (Å²) in [5, 5.41) is 3.39. The van der Waals surface area contributed by atoms with Crippen LogP contribution in [0.2, 0.25) is 0 Å². The van der Waals surface area contributed by atoms with Crippen LogP contribution in [0.3, 0.4) is 0 Å². The standard InChI is InChI=1S/C13H19BrN2O/c14-11-12(9-5-1-2-6-9)15-16(13(11)17)10-7-3-4-8-10/h9-10,15H,1-8H2. The van der Waals surface area contributed by atoms with Crippen molar-refractivity contribution in [3.8, 4) is 0 Å². The average Bonchev–Trinajstić information content (AvgIpc) is 3.02. The van der Waals surface area contributed by atoms with Crippen molar-refractivity contribution in [2.45, 2.75) is 63.3 Å². The van der Waals surface area contributed by atoms with Gasteiger partial charge < -0.3 is 0 Å². The molecule has 0 amide bonds. The van der Waals surface area contributed by atoms with Gasteiger partial charge in [-0.05, 0) is 41.6 Å². The molecule has 3 nitrogen and oxygen atoms in total. The maximum atomic E-state index is 12.2. The molecule has 0 spiro atoms. The number of H-pyrrole nitrogens is 1. The molecule has 1 aromatic heterocycles. The van der Waals surface area contributed by atoms with Crippen molar-refractivity contribution in [2.24, 2.45) is 0 Å². The Balaban J connectivity index is 1.94. The Labute approximate surface area is 110 Å². The summed E-state index contributed by atoms with van der Waals surface area (Å²) in [5.74, 6) is 0.569. The molecule has 4 heteroatoms. The number of hydrogen-bond donors (Lipinski definition) is 1. The first-order valence-corrected chi connectivity index (χ1v) is 7.56. The Morgan fingerprint density at radius 1 is 1.06 bits per heavy atom. The number of hydrogen-bond acceptors (Lipinski definition) is 1. The number of aromatic nitrogens is 2. The molecule has 0 unspecified atom stereocenters. The predicted octanol–water partition coefficient (Wildman–Crippen LogP) is 3.71. The van der Waals surface area contributed by atoms with Crippen LogP contribution in [0, 0.1) is 0 Å². The fourth-order valence-electron chi connectivity index (χ4n) is 3.36. The van der Waals surface area contributed by atoms with Crippen LogP contribution in [-0.4, -0.2) is 9.78 Å². The molecular weight excluding hydrogens is 280 g/mol. The fraction of sp³-hybridized carbons (Fsp3) is 0.769. The van der Waals surface area contributed by atoms with Crippen LogP contribution in [0.15, 0.2) is 9.27 Å². The molecule has 2 aliphatic carbocycles. The first-order chi connectivity index (χ1) is 8.27. The molecule has 2 fully saturated rings.